The number of imide groups is 1. The molecule has 1 fully saturated rings. The quantitative estimate of drug-likeness (QED) is 0.813. The second-order valence-corrected chi connectivity index (χ2v) is 4.60. The molecule has 1 aliphatic heterocycles. The van der Waals surface area contributed by atoms with Crippen molar-refractivity contribution < 1.29 is 9.59 Å². The van der Waals surface area contributed by atoms with Crippen molar-refractivity contribution in [3.63, 3.8) is 0 Å². The van der Waals surface area contributed by atoms with Crippen molar-refractivity contribution in [3.8, 4) is 0 Å². The van der Waals surface area contributed by atoms with Gasteiger partial charge in [-0.1, -0.05) is 29.8 Å². The van der Waals surface area contributed by atoms with E-state index < -0.39 is 0 Å². The van der Waals surface area contributed by atoms with E-state index in [2.05, 4.69) is 11.4 Å². The number of aryl methyl sites for hydroxylation is 1. The lowest BCUT2D eigenvalue weighted by Gasteiger charge is -2.13. The summed E-state index contributed by atoms with van der Waals surface area (Å²) in [5, 5.41) is 3.16. The lowest BCUT2D eigenvalue weighted by molar-refractivity contribution is -0.138. The lowest BCUT2D eigenvalue weighted by atomic mass is 10.1. The van der Waals surface area contributed by atoms with Gasteiger partial charge in [0.1, 0.15) is 0 Å². The third-order valence-corrected chi connectivity index (χ3v) is 3.20. The number of hydrogen-bond donors (Lipinski definition) is 1. The summed E-state index contributed by atoms with van der Waals surface area (Å²) in [5.41, 5.74) is 2.32. The standard InChI is InChI=1S/C14H18N2O2/c1-3-16-13(17)8-12(14(16)18)15-9-11-6-4-5-10(2)7-11/h4-7,12,15H,3,8-9H2,1-2H3. The summed E-state index contributed by atoms with van der Waals surface area (Å²) in [7, 11) is 0. The SMILES string of the molecule is CCN1C(=O)CC(NCc2cccc(C)c2)C1=O. The molecule has 4 heteroatoms. The van der Waals surface area contributed by atoms with Crippen molar-refractivity contribution >= 4 is 11.8 Å². The summed E-state index contributed by atoms with van der Waals surface area (Å²) >= 11 is 0. The molecule has 2 rings (SSSR count). The minimum atomic E-state index is -0.363. The van der Waals surface area contributed by atoms with Crippen LogP contribution in [0.3, 0.4) is 0 Å². The van der Waals surface area contributed by atoms with Crippen LogP contribution in [-0.4, -0.2) is 29.3 Å². The van der Waals surface area contributed by atoms with Crippen LogP contribution in [0.5, 0.6) is 0 Å². The van der Waals surface area contributed by atoms with Crippen molar-refractivity contribution in [2.45, 2.75) is 32.9 Å². The Balaban J connectivity index is 1.95. The maximum absolute atomic E-state index is 11.9. The molecule has 2 amide bonds. The molecule has 1 aromatic rings. The van der Waals surface area contributed by atoms with E-state index in [4.69, 9.17) is 0 Å². The molecule has 0 saturated carbocycles. The Morgan fingerprint density at radius 3 is 2.78 bits per heavy atom. The van der Waals surface area contributed by atoms with Crippen LogP contribution in [0.2, 0.25) is 0 Å². The van der Waals surface area contributed by atoms with Gasteiger partial charge in [-0.3, -0.25) is 14.5 Å². The molecule has 96 valence electrons. The molecule has 1 saturated heterocycles. The predicted molar refractivity (Wildman–Crippen MR) is 68.8 cm³/mol. The first-order valence-electron chi connectivity index (χ1n) is 6.25. The molecule has 1 unspecified atom stereocenters. The van der Waals surface area contributed by atoms with E-state index in [1.54, 1.807) is 0 Å². The summed E-state index contributed by atoms with van der Waals surface area (Å²) in [6.45, 7) is 4.93. The molecule has 1 atom stereocenters. The Hall–Kier alpha value is -1.68. The molecule has 0 spiro atoms. The molecule has 0 bridgehead atoms. The van der Waals surface area contributed by atoms with E-state index in [1.165, 1.54) is 10.5 Å². The Morgan fingerprint density at radius 1 is 1.39 bits per heavy atom. The molecule has 0 aromatic heterocycles. The highest BCUT2D eigenvalue weighted by molar-refractivity contribution is 6.05. The first kappa shape index (κ1) is 12.8. The van der Waals surface area contributed by atoms with E-state index in [0.29, 0.717) is 13.1 Å². The van der Waals surface area contributed by atoms with Crippen molar-refractivity contribution in [3.05, 3.63) is 35.4 Å². The van der Waals surface area contributed by atoms with Crippen LogP contribution in [0.1, 0.15) is 24.5 Å². The number of nitrogens with one attached hydrogen (secondary N) is 1. The fraction of sp³-hybridized carbons (Fsp3) is 0.429. The van der Waals surface area contributed by atoms with Crippen molar-refractivity contribution in [1.29, 1.82) is 0 Å². The average molecular weight is 246 g/mol. The van der Waals surface area contributed by atoms with Gasteiger partial charge >= 0.3 is 0 Å². The first-order chi connectivity index (χ1) is 8.61. The van der Waals surface area contributed by atoms with Crippen LogP contribution in [0.25, 0.3) is 0 Å². The van der Waals surface area contributed by atoms with Crippen LogP contribution in [0, 0.1) is 6.92 Å². The van der Waals surface area contributed by atoms with Gasteiger partial charge in [0.05, 0.1) is 12.5 Å². The van der Waals surface area contributed by atoms with E-state index in [-0.39, 0.29) is 24.3 Å². The second kappa shape index (κ2) is 5.31. The molecule has 1 N–H and O–H groups in total. The lowest BCUT2D eigenvalue weighted by Crippen LogP contribution is -2.38. The Labute approximate surface area is 107 Å². The predicted octanol–water partition coefficient (Wildman–Crippen LogP) is 1.23. The molecule has 4 nitrogen and oxygen atoms in total. The summed E-state index contributed by atoms with van der Waals surface area (Å²) in [5.74, 6) is -0.181. The highest BCUT2D eigenvalue weighted by Crippen LogP contribution is 2.13. The van der Waals surface area contributed by atoms with Crippen molar-refractivity contribution in [1.82, 2.24) is 10.2 Å². The third-order valence-electron chi connectivity index (χ3n) is 3.20. The average Bonchev–Trinajstić information content (AvgIpc) is 2.61. The minimum absolute atomic E-state index is 0.0794. The Kier molecular flexibility index (Phi) is 3.77. The molecular formula is C14H18N2O2. The van der Waals surface area contributed by atoms with E-state index in [0.717, 1.165) is 5.56 Å². The van der Waals surface area contributed by atoms with Gasteiger partial charge in [-0.15, -0.1) is 0 Å². The van der Waals surface area contributed by atoms with Crippen LogP contribution in [0.15, 0.2) is 24.3 Å². The van der Waals surface area contributed by atoms with Gasteiger partial charge in [0.25, 0.3) is 0 Å². The van der Waals surface area contributed by atoms with Crippen LogP contribution in [0.4, 0.5) is 0 Å². The zero-order valence-corrected chi connectivity index (χ0v) is 10.8. The molecule has 0 radical (unpaired) electrons. The van der Waals surface area contributed by atoms with Gasteiger partial charge in [-0.2, -0.15) is 0 Å². The van der Waals surface area contributed by atoms with Gasteiger partial charge in [0.15, 0.2) is 0 Å². The van der Waals surface area contributed by atoms with Crippen molar-refractivity contribution in [2.75, 3.05) is 6.54 Å². The Bertz CT molecular complexity index is 471. The maximum atomic E-state index is 11.9. The van der Waals surface area contributed by atoms with Crippen LogP contribution in [-0.2, 0) is 16.1 Å². The number of amides is 2. The van der Waals surface area contributed by atoms with Crippen LogP contribution < -0.4 is 5.32 Å². The number of hydrogen-bond acceptors (Lipinski definition) is 3. The fourth-order valence-electron chi connectivity index (χ4n) is 2.24. The monoisotopic (exact) mass is 246 g/mol. The largest absolute Gasteiger partial charge is 0.301 e. The fourth-order valence-corrected chi connectivity index (χ4v) is 2.24. The number of rotatable bonds is 4. The van der Waals surface area contributed by atoms with Gasteiger partial charge in [0, 0.05) is 13.1 Å². The number of carbonyl (C=O) groups is 2. The highest BCUT2D eigenvalue weighted by Gasteiger charge is 2.36. The number of carbonyl (C=O) groups excluding carboxylic acids is 2. The van der Waals surface area contributed by atoms with Gasteiger partial charge < -0.3 is 5.32 Å². The first-order valence-corrected chi connectivity index (χ1v) is 6.25. The molecular weight excluding hydrogens is 228 g/mol. The van der Waals surface area contributed by atoms with Gasteiger partial charge in [-0.05, 0) is 19.4 Å². The highest BCUT2D eigenvalue weighted by atomic mass is 16.2. The normalized spacial score (nSPS) is 19.7. The van der Waals surface area contributed by atoms with Gasteiger partial charge in [0.2, 0.25) is 11.8 Å². The minimum Gasteiger partial charge on any atom is -0.301 e. The number of likely N-dealkylation sites (tertiary alicyclic amines) is 1. The number of likely N-dealkylation sites (N-methyl/N-ethyl adjacent to an activating group) is 1. The molecule has 18 heavy (non-hydrogen) atoms. The summed E-state index contributed by atoms with van der Waals surface area (Å²) in [4.78, 5) is 24.7. The zero-order valence-electron chi connectivity index (χ0n) is 10.8. The van der Waals surface area contributed by atoms with E-state index >= 15 is 0 Å². The smallest absolute Gasteiger partial charge is 0.246 e. The van der Waals surface area contributed by atoms with Crippen LogP contribution >= 0.6 is 0 Å². The van der Waals surface area contributed by atoms with E-state index in [9.17, 15) is 9.59 Å². The van der Waals surface area contributed by atoms with E-state index in [1.807, 2.05) is 32.0 Å². The van der Waals surface area contributed by atoms with Gasteiger partial charge in [-0.25, -0.2) is 0 Å². The number of benzene rings is 1. The second-order valence-electron chi connectivity index (χ2n) is 4.60. The topological polar surface area (TPSA) is 49.4 Å². The van der Waals surface area contributed by atoms with Crippen molar-refractivity contribution in [2.24, 2.45) is 0 Å². The molecule has 1 heterocycles. The Morgan fingerprint density at radius 2 is 2.17 bits per heavy atom. The number of nitrogens with zero attached hydrogens (tertiary/aromatic N) is 1. The summed E-state index contributed by atoms with van der Waals surface area (Å²) in [6, 6.07) is 7.75. The third kappa shape index (κ3) is 2.59. The molecule has 0 aliphatic carbocycles. The molecule has 1 aromatic carbocycles. The summed E-state index contributed by atoms with van der Waals surface area (Å²) in [6.07, 6.45) is 0.276. The molecule has 1 aliphatic rings. The summed E-state index contributed by atoms with van der Waals surface area (Å²) < 4.78 is 0. The zero-order chi connectivity index (χ0) is 13.1. The maximum Gasteiger partial charge on any atom is 0.246 e.